The summed E-state index contributed by atoms with van der Waals surface area (Å²) in [5, 5.41) is 0. The van der Waals surface area contributed by atoms with Crippen molar-refractivity contribution < 1.29 is 4.79 Å². The van der Waals surface area contributed by atoms with Crippen molar-refractivity contribution in [3.05, 3.63) is 30.6 Å². The molecule has 0 atom stereocenters. The van der Waals surface area contributed by atoms with E-state index in [0.717, 1.165) is 5.70 Å². The number of aliphatic imine (C=N–C) groups is 1. The second-order valence-corrected chi connectivity index (χ2v) is 2.26. The molecule has 0 saturated carbocycles. The van der Waals surface area contributed by atoms with Gasteiger partial charge in [-0.05, 0) is 12.1 Å². The fourth-order valence-corrected chi connectivity index (χ4v) is 0.979. The molecule has 1 amide bonds. The van der Waals surface area contributed by atoms with E-state index in [2.05, 4.69) is 4.99 Å². The summed E-state index contributed by atoms with van der Waals surface area (Å²) in [5.41, 5.74) is 0.819. The normalized spacial score (nSPS) is 15.6. The first kappa shape index (κ1) is 6.09. The van der Waals surface area contributed by atoms with Crippen molar-refractivity contribution in [3.8, 4) is 0 Å². The molecule has 0 fully saturated rings. The quantitative estimate of drug-likeness (QED) is 0.580. The first-order valence-electron chi connectivity index (χ1n) is 3.29. The third-order valence-electron chi connectivity index (χ3n) is 1.50. The van der Waals surface area contributed by atoms with E-state index in [-0.39, 0.29) is 5.91 Å². The summed E-state index contributed by atoms with van der Waals surface area (Å²) < 4.78 is 1.84. The minimum Gasteiger partial charge on any atom is -0.322 e. The van der Waals surface area contributed by atoms with E-state index in [9.17, 15) is 4.79 Å². The zero-order valence-electron chi connectivity index (χ0n) is 5.77. The molecule has 1 aromatic heterocycles. The van der Waals surface area contributed by atoms with Crippen molar-refractivity contribution >= 4 is 17.8 Å². The number of rotatable bonds is 1. The Bertz CT molecular complexity index is 333. The van der Waals surface area contributed by atoms with Crippen LogP contribution in [-0.2, 0) is 4.79 Å². The van der Waals surface area contributed by atoms with E-state index in [1.54, 1.807) is 6.21 Å². The van der Waals surface area contributed by atoms with Crippen molar-refractivity contribution in [2.45, 2.75) is 0 Å². The van der Waals surface area contributed by atoms with Crippen LogP contribution in [0, 0.1) is 0 Å². The van der Waals surface area contributed by atoms with Gasteiger partial charge < -0.3 is 4.57 Å². The maximum absolute atomic E-state index is 10.7. The third-order valence-corrected chi connectivity index (χ3v) is 1.50. The molecule has 3 heteroatoms. The van der Waals surface area contributed by atoms with Crippen LogP contribution >= 0.6 is 0 Å². The average molecular weight is 146 g/mol. The van der Waals surface area contributed by atoms with Crippen LogP contribution in [0.3, 0.4) is 0 Å². The van der Waals surface area contributed by atoms with E-state index in [4.69, 9.17) is 0 Å². The van der Waals surface area contributed by atoms with Crippen molar-refractivity contribution in [3.63, 3.8) is 0 Å². The van der Waals surface area contributed by atoms with E-state index in [1.807, 2.05) is 29.1 Å². The predicted octanol–water partition coefficient (Wildman–Crippen LogP) is 0.940. The summed E-state index contributed by atoms with van der Waals surface area (Å²) in [5.74, 6) is -0.186. The van der Waals surface area contributed by atoms with Gasteiger partial charge in [0.2, 0.25) is 0 Å². The average Bonchev–Trinajstić information content (AvgIpc) is 2.55. The lowest BCUT2D eigenvalue weighted by atomic mass is 10.4. The Balaban J connectivity index is 2.40. The molecular weight excluding hydrogens is 140 g/mol. The minimum absolute atomic E-state index is 0.186. The zero-order valence-corrected chi connectivity index (χ0v) is 5.77. The molecule has 0 spiro atoms. The Hall–Kier alpha value is -1.64. The van der Waals surface area contributed by atoms with Crippen LogP contribution in [-0.4, -0.2) is 16.7 Å². The molecule has 0 bridgehead atoms. The Labute approximate surface area is 63.7 Å². The van der Waals surface area contributed by atoms with Gasteiger partial charge in [-0.15, -0.1) is 0 Å². The second-order valence-electron chi connectivity index (χ2n) is 2.26. The van der Waals surface area contributed by atoms with Crippen LogP contribution in [0.1, 0.15) is 0 Å². The highest BCUT2D eigenvalue weighted by Crippen LogP contribution is 2.07. The lowest BCUT2D eigenvalue weighted by Crippen LogP contribution is -1.90. The van der Waals surface area contributed by atoms with Gasteiger partial charge in [-0.2, -0.15) is 0 Å². The van der Waals surface area contributed by atoms with Crippen molar-refractivity contribution in [2.75, 3.05) is 0 Å². The smallest absolute Gasteiger partial charge is 0.271 e. The largest absolute Gasteiger partial charge is 0.322 e. The Morgan fingerprint density at radius 3 is 2.55 bits per heavy atom. The number of aromatic nitrogens is 1. The van der Waals surface area contributed by atoms with Gasteiger partial charge in [0, 0.05) is 18.5 Å². The Kier molecular flexibility index (Phi) is 1.22. The fraction of sp³-hybridized carbons (Fsp3) is 0. The molecule has 2 heterocycles. The van der Waals surface area contributed by atoms with E-state index in [1.165, 1.54) is 6.08 Å². The van der Waals surface area contributed by atoms with Crippen LogP contribution in [0.4, 0.5) is 0 Å². The molecule has 54 valence electrons. The van der Waals surface area contributed by atoms with Gasteiger partial charge in [0.05, 0.1) is 11.9 Å². The molecule has 0 saturated heterocycles. The SMILES string of the molecule is O=C1C=C(n2cccc2)C=N1. The second kappa shape index (κ2) is 2.20. The molecule has 0 N–H and O–H groups in total. The monoisotopic (exact) mass is 146 g/mol. The topological polar surface area (TPSA) is 34.4 Å². The highest BCUT2D eigenvalue weighted by molar-refractivity contribution is 6.19. The van der Waals surface area contributed by atoms with Crippen molar-refractivity contribution in [1.82, 2.24) is 4.57 Å². The number of hydrogen-bond acceptors (Lipinski definition) is 1. The summed E-state index contributed by atoms with van der Waals surface area (Å²) in [6.07, 6.45) is 6.80. The van der Waals surface area contributed by atoms with Crippen LogP contribution in [0.2, 0.25) is 0 Å². The van der Waals surface area contributed by atoms with Crippen LogP contribution < -0.4 is 0 Å². The first-order valence-corrected chi connectivity index (χ1v) is 3.29. The first-order chi connectivity index (χ1) is 5.36. The van der Waals surface area contributed by atoms with E-state index < -0.39 is 0 Å². The molecule has 1 aromatic rings. The summed E-state index contributed by atoms with van der Waals surface area (Å²) in [7, 11) is 0. The molecule has 3 nitrogen and oxygen atoms in total. The zero-order chi connectivity index (χ0) is 7.68. The molecule has 1 aliphatic heterocycles. The minimum atomic E-state index is -0.186. The highest BCUT2D eigenvalue weighted by Gasteiger charge is 2.05. The summed E-state index contributed by atoms with van der Waals surface area (Å²) in [6, 6.07) is 3.80. The van der Waals surface area contributed by atoms with Gasteiger partial charge in [0.25, 0.3) is 5.91 Å². The molecule has 0 aliphatic carbocycles. The van der Waals surface area contributed by atoms with Gasteiger partial charge in [0.1, 0.15) is 0 Å². The van der Waals surface area contributed by atoms with Crippen molar-refractivity contribution in [2.24, 2.45) is 4.99 Å². The van der Waals surface area contributed by atoms with Gasteiger partial charge in [-0.1, -0.05) is 0 Å². The molecule has 11 heavy (non-hydrogen) atoms. The number of carbonyl (C=O) groups excluding carboxylic acids is 1. The standard InChI is InChI=1S/C8H6N2O/c11-8-5-7(6-9-8)10-3-1-2-4-10/h1-6H. The van der Waals surface area contributed by atoms with Crippen LogP contribution in [0.5, 0.6) is 0 Å². The molecule has 0 unspecified atom stereocenters. The molecule has 0 radical (unpaired) electrons. The molecular formula is C8H6N2O. The highest BCUT2D eigenvalue weighted by atomic mass is 16.1. The Morgan fingerprint density at radius 1 is 1.27 bits per heavy atom. The number of amides is 1. The number of hydrogen-bond donors (Lipinski definition) is 0. The number of carbonyl (C=O) groups is 1. The molecule has 2 rings (SSSR count). The maximum Gasteiger partial charge on any atom is 0.271 e. The van der Waals surface area contributed by atoms with E-state index >= 15 is 0 Å². The Morgan fingerprint density at radius 2 is 2.00 bits per heavy atom. The van der Waals surface area contributed by atoms with Gasteiger partial charge in [-0.25, -0.2) is 4.99 Å². The molecule has 1 aliphatic rings. The summed E-state index contributed by atoms with van der Waals surface area (Å²) in [4.78, 5) is 14.3. The summed E-state index contributed by atoms with van der Waals surface area (Å²) in [6.45, 7) is 0. The molecule has 0 aromatic carbocycles. The van der Waals surface area contributed by atoms with Crippen LogP contribution in [0.25, 0.3) is 5.70 Å². The van der Waals surface area contributed by atoms with E-state index in [0.29, 0.717) is 0 Å². The fourth-order valence-electron chi connectivity index (χ4n) is 0.979. The maximum atomic E-state index is 10.7. The van der Waals surface area contributed by atoms with Crippen molar-refractivity contribution in [1.29, 1.82) is 0 Å². The number of nitrogens with zero attached hydrogens (tertiary/aromatic N) is 2. The van der Waals surface area contributed by atoms with Gasteiger partial charge in [-0.3, -0.25) is 4.79 Å². The lowest BCUT2D eigenvalue weighted by Gasteiger charge is -1.95. The van der Waals surface area contributed by atoms with Gasteiger partial charge >= 0.3 is 0 Å². The third kappa shape index (κ3) is 1.00. The van der Waals surface area contributed by atoms with Gasteiger partial charge in [0.15, 0.2) is 0 Å². The predicted molar refractivity (Wildman–Crippen MR) is 42.2 cm³/mol. The summed E-state index contributed by atoms with van der Waals surface area (Å²) >= 11 is 0. The number of allylic oxidation sites excluding steroid dienone is 1. The van der Waals surface area contributed by atoms with Crippen LogP contribution in [0.15, 0.2) is 35.6 Å². The lowest BCUT2D eigenvalue weighted by molar-refractivity contribution is -0.113.